The molecule has 2 aromatic rings. The smallest absolute Gasteiger partial charge is 0.242 e. The summed E-state index contributed by atoms with van der Waals surface area (Å²) in [4.78, 5) is 19.5. The molecule has 1 saturated carbocycles. The second-order valence-corrected chi connectivity index (χ2v) is 10.5. The van der Waals surface area contributed by atoms with E-state index in [-0.39, 0.29) is 17.2 Å². The number of carbonyl (C=O) groups excluding carboxylic acids is 1. The quantitative estimate of drug-likeness (QED) is 0.474. The van der Waals surface area contributed by atoms with Crippen molar-refractivity contribution in [3.05, 3.63) is 42.4 Å². The van der Waals surface area contributed by atoms with Crippen LogP contribution in [0.15, 0.2) is 41.1 Å². The summed E-state index contributed by atoms with van der Waals surface area (Å²) in [7, 11) is 0. The number of pyridine rings is 1. The molecular weight excluding hydrogens is 424 g/mol. The Labute approximate surface area is 195 Å². The second-order valence-electron chi connectivity index (χ2n) is 8.71. The molecule has 0 aromatic carbocycles. The Morgan fingerprint density at radius 2 is 1.68 bits per heavy atom. The van der Waals surface area contributed by atoms with Crippen LogP contribution in [0.25, 0.3) is 11.3 Å². The van der Waals surface area contributed by atoms with E-state index in [1.807, 2.05) is 29.2 Å². The minimum atomic E-state index is -0.179. The van der Waals surface area contributed by atoms with Gasteiger partial charge in [0.2, 0.25) is 5.91 Å². The number of thiocarbonyl (C=S) groups is 1. The number of hydrogen-bond acceptors (Lipinski definition) is 5. The Morgan fingerprint density at radius 1 is 1.00 bits per heavy atom. The van der Waals surface area contributed by atoms with Gasteiger partial charge in [-0.15, -0.1) is 0 Å². The average molecular weight is 457 g/mol. The number of amides is 1. The van der Waals surface area contributed by atoms with Crippen LogP contribution in [0, 0.1) is 0 Å². The van der Waals surface area contributed by atoms with E-state index in [9.17, 15) is 4.79 Å². The normalized spacial score (nSPS) is 22.3. The molecule has 0 bridgehead atoms. The summed E-state index contributed by atoms with van der Waals surface area (Å²) < 4.78 is 6.78. The van der Waals surface area contributed by atoms with E-state index < -0.39 is 0 Å². The van der Waals surface area contributed by atoms with Gasteiger partial charge in [-0.05, 0) is 37.1 Å². The van der Waals surface area contributed by atoms with Gasteiger partial charge in [-0.3, -0.25) is 14.7 Å². The Morgan fingerprint density at radius 3 is 2.32 bits per heavy atom. The van der Waals surface area contributed by atoms with Gasteiger partial charge in [0.15, 0.2) is 0 Å². The van der Waals surface area contributed by atoms with E-state index in [0.29, 0.717) is 6.42 Å². The summed E-state index contributed by atoms with van der Waals surface area (Å²) in [6.07, 6.45) is 17.9. The summed E-state index contributed by atoms with van der Waals surface area (Å²) in [5.74, 6) is 1.79. The van der Waals surface area contributed by atoms with Crippen molar-refractivity contribution in [3.8, 4) is 11.3 Å². The van der Waals surface area contributed by atoms with Gasteiger partial charge in [-0.2, -0.15) is 0 Å². The van der Waals surface area contributed by atoms with E-state index in [1.165, 1.54) is 69.5 Å². The van der Waals surface area contributed by atoms with Gasteiger partial charge in [-0.25, -0.2) is 0 Å². The van der Waals surface area contributed by atoms with Crippen molar-refractivity contribution < 1.29 is 9.21 Å². The zero-order valence-electron chi connectivity index (χ0n) is 18.1. The fraction of sp³-hybridized carbons (Fsp3) is 0.560. The van der Waals surface area contributed by atoms with E-state index in [1.54, 1.807) is 12.4 Å². The van der Waals surface area contributed by atoms with Gasteiger partial charge in [0.05, 0.1) is 5.25 Å². The molecule has 1 aliphatic carbocycles. The average Bonchev–Trinajstić information content (AvgIpc) is 3.34. The number of nitrogens with zero attached hydrogens (tertiary/aromatic N) is 2. The number of rotatable bonds is 4. The first kappa shape index (κ1) is 22.5. The first-order valence-corrected chi connectivity index (χ1v) is 13.0. The van der Waals surface area contributed by atoms with Crippen molar-refractivity contribution in [3.63, 3.8) is 0 Å². The van der Waals surface area contributed by atoms with Crippen LogP contribution in [0.5, 0.6) is 0 Å². The molecular formula is C25H32N2O2S2. The lowest BCUT2D eigenvalue weighted by Crippen LogP contribution is -2.41. The van der Waals surface area contributed by atoms with Gasteiger partial charge < -0.3 is 4.42 Å². The van der Waals surface area contributed by atoms with Gasteiger partial charge in [-0.1, -0.05) is 81.8 Å². The van der Waals surface area contributed by atoms with Crippen molar-refractivity contribution >= 4 is 34.2 Å². The molecule has 3 heterocycles. The fourth-order valence-electron chi connectivity index (χ4n) is 4.67. The summed E-state index contributed by atoms with van der Waals surface area (Å²) in [6, 6.07) is 8.06. The van der Waals surface area contributed by atoms with Crippen molar-refractivity contribution in [2.45, 2.75) is 88.3 Å². The second kappa shape index (κ2) is 11.3. The lowest BCUT2D eigenvalue weighted by Gasteiger charge is -2.28. The lowest BCUT2D eigenvalue weighted by atomic mass is 9.97. The minimum absolute atomic E-state index is 0.173. The van der Waals surface area contributed by atoms with Crippen LogP contribution in [-0.2, 0) is 11.2 Å². The fourth-order valence-corrected chi connectivity index (χ4v) is 6.31. The summed E-state index contributed by atoms with van der Waals surface area (Å²) in [5, 5.41) is -0.179. The van der Waals surface area contributed by atoms with Crippen LogP contribution in [0.2, 0.25) is 0 Å². The molecule has 4 nitrogen and oxygen atoms in total. The zero-order chi connectivity index (χ0) is 21.5. The molecule has 1 aliphatic heterocycles. The molecule has 0 radical (unpaired) electrons. The van der Waals surface area contributed by atoms with Gasteiger partial charge in [0.1, 0.15) is 15.8 Å². The first-order valence-electron chi connectivity index (χ1n) is 11.7. The number of thioether (sulfide) groups is 1. The monoisotopic (exact) mass is 456 g/mol. The molecule has 2 aliphatic rings. The minimum Gasteiger partial charge on any atom is -0.461 e. The standard InChI is InChI=1S/C25H32N2O2S2/c28-24-23(17-21-14-15-22(29-21)19-11-10-16-26-18-19)31-25(30)27(24)20-12-8-6-4-2-1-3-5-7-9-13-20/h10-11,14-16,18,20,23H,1-9,12-13,17H2. The molecule has 0 spiro atoms. The summed E-state index contributed by atoms with van der Waals surface area (Å²) >= 11 is 7.23. The third kappa shape index (κ3) is 5.98. The maximum atomic E-state index is 13.3. The third-order valence-corrected chi connectivity index (χ3v) is 7.92. The highest BCUT2D eigenvalue weighted by molar-refractivity contribution is 8.24. The number of furan rings is 1. The molecule has 6 heteroatoms. The summed E-state index contributed by atoms with van der Waals surface area (Å²) in [5.41, 5.74) is 0.949. The highest BCUT2D eigenvalue weighted by Gasteiger charge is 2.40. The van der Waals surface area contributed by atoms with Crippen LogP contribution in [0.1, 0.15) is 76.4 Å². The topological polar surface area (TPSA) is 46.3 Å². The maximum Gasteiger partial charge on any atom is 0.242 e. The maximum absolute atomic E-state index is 13.3. The molecule has 2 aromatic heterocycles. The summed E-state index contributed by atoms with van der Waals surface area (Å²) in [6.45, 7) is 0. The van der Waals surface area contributed by atoms with Crippen LogP contribution in [0.3, 0.4) is 0 Å². The molecule has 1 saturated heterocycles. The molecule has 1 amide bonds. The molecule has 4 rings (SSSR count). The predicted octanol–water partition coefficient (Wildman–Crippen LogP) is 6.79. The Kier molecular flexibility index (Phi) is 8.20. The predicted molar refractivity (Wildman–Crippen MR) is 131 cm³/mol. The largest absolute Gasteiger partial charge is 0.461 e. The van der Waals surface area contributed by atoms with E-state index in [2.05, 4.69) is 4.98 Å². The number of aromatic nitrogens is 1. The Hall–Kier alpha value is -1.66. The van der Waals surface area contributed by atoms with Gasteiger partial charge in [0, 0.05) is 30.4 Å². The highest BCUT2D eigenvalue weighted by Crippen LogP contribution is 2.35. The van der Waals surface area contributed by atoms with Crippen LogP contribution in [-0.4, -0.2) is 31.4 Å². The number of hydrogen-bond donors (Lipinski definition) is 0. The van der Waals surface area contributed by atoms with Crippen LogP contribution >= 0.6 is 24.0 Å². The van der Waals surface area contributed by atoms with E-state index >= 15 is 0 Å². The highest BCUT2D eigenvalue weighted by atomic mass is 32.2. The number of carbonyl (C=O) groups is 1. The Bertz CT molecular complexity index is 855. The van der Waals surface area contributed by atoms with Crippen LogP contribution < -0.4 is 0 Å². The van der Waals surface area contributed by atoms with E-state index in [0.717, 1.165) is 34.2 Å². The van der Waals surface area contributed by atoms with Gasteiger partial charge in [0.25, 0.3) is 0 Å². The molecule has 2 fully saturated rings. The van der Waals surface area contributed by atoms with Crippen molar-refractivity contribution in [2.75, 3.05) is 0 Å². The zero-order valence-corrected chi connectivity index (χ0v) is 19.8. The van der Waals surface area contributed by atoms with Crippen LogP contribution in [0.4, 0.5) is 0 Å². The van der Waals surface area contributed by atoms with E-state index in [4.69, 9.17) is 16.6 Å². The van der Waals surface area contributed by atoms with Crippen molar-refractivity contribution in [1.82, 2.24) is 9.88 Å². The SMILES string of the molecule is O=C1C(Cc2ccc(-c3cccnc3)o2)SC(=S)N1C1CCCCCCCCCCC1. The first-order chi connectivity index (χ1) is 15.2. The Balaban J connectivity index is 1.39. The lowest BCUT2D eigenvalue weighted by molar-refractivity contribution is -0.127. The van der Waals surface area contributed by atoms with Crippen molar-refractivity contribution in [1.29, 1.82) is 0 Å². The van der Waals surface area contributed by atoms with Gasteiger partial charge >= 0.3 is 0 Å². The van der Waals surface area contributed by atoms with Crippen molar-refractivity contribution in [2.24, 2.45) is 0 Å². The molecule has 166 valence electrons. The third-order valence-electron chi connectivity index (χ3n) is 6.39. The molecule has 1 unspecified atom stereocenters. The molecule has 1 atom stereocenters. The molecule has 0 N–H and O–H groups in total. The molecule has 31 heavy (non-hydrogen) atoms.